The van der Waals surface area contributed by atoms with Crippen molar-refractivity contribution in [2.24, 2.45) is 7.05 Å². The van der Waals surface area contributed by atoms with E-state index in [4.69, 9.17) is 4.74 Å². The van der Waals surface area contributed by atoms with Crippen LogP contribution in [0.25, 0.3) is 0 Å². The van der Waals surface area contributed by atoms with Gasteiger partial charge in [-0.25, -0.2) is 4.79 Å². The molecule has 1 aromatic heterocycles. The molecule has 1 heterocycles. The summed E-state index contributed by atoms with van der Waals surface area (Å²) in [6, 6.07) is 9.96. The highest BCUT2D eigenvalue weighted by atomic mass is 16.5. The van der Waals surface area contributed by atoms with Crippen molar-refractivity contribution in [1.29, 1.82) is 0 Å². The van der Waals surface area contributed by atoms with Gasteiger partial charge in [0.1, 0.15) is 5.69 Å². The number of nitrogens with one attached hydrogen (secondary N) is 2. The van der Waals surface area contributed by atoms with E-state index >= 15 is 0 Å². The molecule has 0 saturated carbocycles. The molecule has 126 valence electrons. The zero-order valence-electron chi connectivity index (χ0n) is 13.7. The monoisotopic (exact) mass is 329 g/mol. The van der Waals surface area contributed by atoms with E-state index in [0.717, 1.165) is 0 Å². The molecule has 0 bridgehead atoms. The minimum Gasteiger partial charge on any atom is -0.448 e. The van der Waals surface area contributed by atoms with Gasteiger partial charge in [-0.05, 0) is 43.3 Å². The van der Waals surface area contributed by atoms with Gasteiger partial charge in [0.15, 0.2) is 6.10 Å². The first-order chi connectivity index (χ1) is 11.4. The Morgan fingerprint density at radius 1 is 1.04 bits per heavy atom. The number of aryl methyl sites for hydroxylation is 1. The van der Waals surface area contributed by atoms with Gasteiger partial charge < -0.3 is 19.9 Å². The van der Waals surface area contributed by atoms with Crippen LogP contribution in [-0.4, -0.2) is 28.5 Å². The van der Waals surface area contributed by atoms with E-state index in [0.29, 0.717) is 17.1 Å². The van der Waals surface area contributed by atoms with E-state index in [-0.39, 0.29) is 5.91 Å². The van der Waals surface area contributed by atoms with Crippen molar-refractivity contribution in [1.82, 2.24) is 4.57 Å². The van der Waals surface area contributed by atoms with Crippen LogP contribution in [-0.2, 0) is 21.4 Å². The smallest absolute Gasteiger partial charge is 0.355 e. The quantitative estimate of drug-likeness (QED) is 0.823. The first-order valence-electron chi connectivity index (χ1n) is 7.37. The molecular formula is C17H19N3O4. The number of aromatic nitrogens is 1. The number of rotatable bonds is 5. The molecule has 0 spiro atoms. The largest absolute Gasteiger partial charge is 0.448 e. The van der Waals surface area contributed by atoms with Gasteiger partial charge in [0.05, 0.1) is 0 Å². The number of hydrogen-bond donors (Lipinski definition) is 2. The summed E-state index contributed by atoms with van der Waals surface area (Å²) in [6.45, 7) is 2.92. The number of anilines is 2. The average molecular weight is 329 g/mol. The van der Waals surface area contributed by atoms with Crippen LogP contribution in [0, 0.1) is 0 Å². The standard InChI is InChI=1S/C17H19N3O4/c1-11(24-17(23)15-5-4-10-20(15)3)16(22)19-14-8-6-13(7-9-14)18-12(2)21/h4-11H,1-3H3,(H,18,21)(H,19,22)/t11-/m1/s1. The number of benzene rings is 1. The van der Waals surface area contributed by atoms with Gasteiger partial charge in [-0.2, -0.15) is 0 Å². The predicted octanol–water partition coefficient (Wildman–Crippen LogP) is 2.17. The Labute approximate surface area is 139 Å². The number of esters is 1. The van der Waals surface area contributed by atoms with Gasteiger partial charge >= 0.3 is 5.97 Å². The molecule has 0 aliphatic heterocycles. The lowest BCUT2D eigenvalue weighted by atomic mass is 10.2. The van der Waals surface area contributed by atoms with Crippen molar-refractivity contribution < 1.29 is 19.1 Å². The molecule has 1 atom stereocenters. The molecule has 7 nitrogen and oxygen atoms in total. The zero-order chi connectivity index (χ0) is 17.7. The van der Waals surface area contributed by atoms with E-state index in [9.17, 15) is 14.4 Å². The molecule has 2 N–H and O–H groups in total. The predicted molar refractivity (Wildman–Crippen MR) is 89.7 cm³/mol. The summed E-state index contributed by atoms with van der Waals surface area (Å²) >= 11 is 0. The summed E-state index contributed by atoms with van der Waals surface area (Å²) in [4.78, 5) is 35.0. The summed E-state index contributed by atoms with van der Waals surface area (Å²) in [5, 5.41) is 5.28. The Balaban J connectivity index is 1.92. The molecule has 24 heavy (non-hydrogen) atoms. The van der Waals surface area contributed by atoms with Gasteiger partial charge in [0.2, 0.25) is 5.91 Å². The fraction of sp³-hybridized carbons (Fsp3) is 0.235. The normalized spacial score (nSPS) is 11.5. The number of carbonyl (C=O) groups excluding carboxylic acids is 3. The molecule has 2 rings (SSSR count). The molecule has 7 heteroatoms. The number of hydrogen-bond acceptors (Lipinski definition) is 4. The summed E-state index contributed by atoms with van der Waals surface area (Å²) in [6.07, 6.45) is 0.778. The zero-order valence-corrected chi connectivity index (χ0v) is 13.7. The molecule has 0 aliphatic rings. The Bertz CT molecular complexity index is 749. The van der Waals surface area contributed by atoms with Crippen LogP contribution < -0.4 is 10.6 Å². The number of carbonyl (C=O) groups is 3. The van der Waals surface area contributed by atoms with Crippen molar-refractivity contribution in [2.45, 2.75) is 20.0 Å². The van der Waals surface area contributed by atoms with E-state index in [2.05, 4.69) is 10.6 Å². The Kier molecular flexibility index (Phi) is 5.36. The summed E-state index contributed by atoms with van der Waals surface area (Å²) in [5.41, 5.74) is 1.54. The van der Waals surface area contributed by atoms with Crippen LogP contribution >= 0.6 is 0 Å². The lowest BCUT2D eigenvalue weighted by Crippen LogP contribution is -2.30. The Morgan fingerprint density at radius 3 is 2.12 bits per heavy atom. The number of amides is 2. The molecule has 2 aromatic rings. The highest BCUT2D eigenvalue weighted by Crippen LogP contribution is 2.14. The topological polar surface area (TPSA) is 89.4 Å². The molecule has 2 amide bonds. The molecule has 1 aromatic carbocycles. The lowest BCUT2D eigenvalue weighted by Gasteiger charge is -2.14. The van der Waals surface area contributed by atoms with Crippen molar-refractivity contribution in [3.05, 3.63) is 48.3 Å². The second-order valence-electron chi connectivity index (χ2n) is 5.30. The maximum atomic E-state index is 12.1. The summed E-state index contributed by atoms with van der Waals surface area (Å²) in [5.74, 6) is -1.18. The van der Waals surface area contributed by atoms with Gasteiger partial charge in [-0.3, -0.25) is 9.59 Å². The minimum atomic E-state index is -0.942. The van der Waals surface area contributed by atoms with Crippen LogP contribution in [0.4, 0.5) is 11.4 Å². The fourth-order valence-electron chi connectivity index (χ4n) is 2.03. The van der Waals surface area contributed by atoms with E-state index in [1.807, 2.05) is 0 Å². The van der Waals surface area contributed by atoms with Gasteiger partial charge in [-0.1, -0.05) is 0 Å². The Hall–Kier alpha value is -3.09. The fourth-order valence-corrected chi connectivity index (χ4v) is 2.03. The first-order valence-corrected chi connectivity index (χ1v) is 7.37. The van der Waals surface area contributed by atoms with E-state index in [1.54, 1.807) is 54.2 Å². The maximum Gasteiger partial charge on any atom is 0.355 e. The second-order valence-corrected chi connectivity index (χ2v) is 5.30. The highest BCUT2D eigenvalue weighted by Gasteiger charge is 2.20. The van der Waals surface area contributed by atoms with E-state index in [1.165, 1.54) is 13.8 Å². The van der Waals surface area contributed by atoms with Crippen LogP contribution in [0.5, 0.6) is 0 Å². The Morgan fingerprint density at radius 2 is 1.62 bits per heavy atom. The van der Waals surface area contributed by atoms with Crippen molar-refractivity contribution in [3.63, 3.8) is 0 Å². The summed E-state index contributed by atoms with van der Waals surface area (Å²) < 4.78 is 6.78. The molecule has 0 fully saturated rings. The number of nitrogens with zero attached hydrogens (tertiary/aromatic N) is 1. The third-order valence-corrected chi connectivity index (χ3v) is 3.28. The summed E-state index contributed by atoms with van der Waals surface area (Å²) in [7, 11) is 1.72. The van der Waals surface area contributed by atoms with Crippen LogP contribution in [0.15, 0.2) is 42.6 Å². The number of ether oxygens (including phenoxy) is 1. The van der Waals surface area contributed by atoms with E-state index < -0.39 is 18.0 Å². The molecular weight excluding hydrogens is 310 g/mol. The third-order valence-electron chi connectivity index (χ3n) is 3.28. The van der Waals surface area contributed by atoms with Crippen LogP contribution in [0.3, 0.4) is 0 Å². The molecule has 0 aliphatic carbocycles. The first kappa shape index (κ1) is 17.3. The van der Waals surface area contributed by atoms with Crippen LogP contribution in [0.1, 0.15) is 24.3 Å². The van der Waals surface area contributed by atoms with Crippen molar-refractivity contribution >= 4 is 29.2 Å². The third kappa shape index (κ3) is 4.45. The average Bonchev–Trinajstić information content (AvgIpc) is 2.94. The molecule has 0 saturated heterocycles. The SMILES string of the molecule is CC(=O)Nc1ccc(NC(=O)[C@@H](C)OC(=O)c2cccn2C)cc1. The maximum absolute atomic E-state index is 12.1. The van der Waals surface area contributed by atoms with Gasteiger partial charge in [-0.15, -0.1) is 0 Å². The molecule has 0 radical (unpaired) electrons. The van der Waals surface area contributed by atoms with Crippen LogP contribution in [0.2, 0.25) is 0 Å². The second kappa shape index (κ2) is 7.45. The lowest BCUT2D eigenvalue weighted by molar-refractivity contribution is -0.123. The molecule has 0 unspecified atom stereocenters. The van der Waals surface area contributed by atoms with Crippen molar-refractivity contribution in [2.75, 3.05) is 10.6 Å². The minimum absolute atomic E-state index is 0.173. The van der Waals surface area contributed by atoms with Gasteiger partial charge in [0, 0.05) is 31.5 Å². The van der Waals surface area contributed by atoms with Crippen molar-refractivity contribution in [3.8, 4) is 0 Å². The highest BCUT2D eigenvalue weighted by molar-refractivity contribution is 5.97. The van der Waals surface area contributed by atoms with Gasteiger partial charge in [0.25, 0.3) is 5.91 Å².